The molecule has 1 atom stereocenters. The molecule has 1 heterocycles. The second kappa shape index (κ2) is 7.43. The number of nitro groups is 1. The summed E-state index contributed by atoms with van der Waals surface area (Å²) in [6.45, 7) is 1.24. The van der Waals surface area contributed by atoms with Gasteiger partial charge in [-0.05, 0) is 12.1 Å². The highest BCUT2D eigenvalue weighted by Crippen LogP contribution is 2.42. The van der Waals surface area contributed by atoms with Crippen molar-refractivity contribution in [3.8, 4) is 11.5 Å². The fourth-order valence-corrected chi connectivity index (χ4v) is 3.04. The van der Waals surface area contributed by atoms with E-state index in [-0.39, 0.29) is 22.7 Å². The Morgan fingerprint density at radius 3 is 2.57 bits per heavy atom. The number of nitrogens with zero attached hydrogens (tertiary/aromatic N) is 2. The largest absolute Gasteiger partial charge is 0.496 e. The van der Waals surface area contributed by atoms with Gasteiger partial charge in [0.05, 0.1) is 30.8 Å². The minimum absolute atomic E-state index is 0.0740. The van der Waals surface area contributed by atoms with E-state index in [0.717, 1.165) is 5.01 Å². The summed E-state index contributed by atoms with van der Waals surface area (Å²) in [5.74, 6) is -0.664. The van der Waals surface area contributed by atoms with Crippen molar-refractivity contribution in [3.63, 3.8) is 0 Å². The van der Waals surface area contributed by atoms with Crippen molar-refractivity contribution >= 4 is 23.2 Å². The normalized spacial score (nSPS) is 15.3. The van der Waals surface area contributed by atoms with Crippen LogP contribution in [0.5, 0.6) is 11.5 Å². The van der Waals surface area contributed by atoms with E-state index in [1.807, 2.05) is 0 Å². The van der Waals surface area contributed by atoms with Crippen LogP contribution in [0.25, 0.3) is 0 Å². The zero-order valence-corrected chi connectivity index (χ0v) is 15.4. The van der Waals surface area contributed by atoms with Crippen LogP contribution in [0.1, 0.15) is 29.0 Å². The lowest BCUT2D eigenvalue weighted by Gasteiger charge is -2.37. The summed E-state index contributed by atoms with van der Waals surface area (Å²) in [6.07, 6.45) is -1.08. The second-order valence-electron chi connectivity index (χ2n) is 5.96. The molecule has 1 aliphatic heterocycles. The Balaban J connectivity index is 2.24. The molecule has 10 nitrogen and oxygen atoms in total. The van der Waals surface area contributed by atoms with Crippen molar-refractivity contribution in [2.45, 2.75) is 13.1 Å². The quantitative estimate of drug-likeness (QED) is 0.597. The lowest BCUT2D eigenvalue weighted by molar-refractivity contribution is -0.386. The van der Waals surface area contributed by atoms with Crippen molar-refractivity contribution in [3.05, 3.63) is 57.6 Å². The van der Waals surface area contributed by atoms with Crippen LogP contribution >= 0.6 is 0 Å². The van der Waals surface area contributed by atoms with Gasteiger partial charge >= 0.3 is 0 Å². The predicted molar refractivity (Wildman–Crippen MR) is 99.0 cm³/mol. The zero-order valence-electron chi connectivity index (χ0n) is 15.4. The summed E-state index contributed by atoms with van der Waals surface area (Å²) < 4.78 is 10.4. The third-order valence-corrected chi connectivity index (χ3v) is 4.22. The molecule has 0 saturated carbocycles. The van der Waals surface area contributed by atoms with Crippen LogP contribution in [0.3, 0.4) is 0 Å². The summed E-state index contributed by atoms with van der Waals surface area (Å²) in [5, 5.41) is 15.8. The van der Waals surface area contributed by atoms with E-state index in [9.17, 15) is 19.7 Å². The molecule has 2 N–H and O–H groups in total. The molecule has 2 aromatic carbocycles. The predicted octanol–water partition coefficient (Wildman–Crippen LogP) is 2.23. The number of nitrogens with one attached hydrogen (secondary N) is 2. The highest BCUT2D eigenvalue weighted by Gasteiger charge is 2.39. The minimum atomic E-state index is -1.08. The Labute approximate surface area is 160 Å². The number of hydrazine groups is 1. The van der Waals surface area contributed by atoms with Gasteiger partial charge in [0, 0.05) is 18.7 Å². The number of rotatable bonds is 5. The first-order chi connectivity index (χ1) is 13.4. The number of methoxy groups -OCH3 is 2. The minimum Gasteiger partial charge on any atom is -0.496 e. The molecule has 0 saturated heterocycles. The number of ether oxygens (including phenoxy) is 2. The van der Waals surface area contributed by atoms with Crippen molar-refractivity contribution < 1.29 is 24.0 Å². The molecule has 1 unspecified atom stereocenters. The Kier molecular flexibility index (Phi) is 5.03. The molecule has 0 aromatic heterocycles. The van der Waals surface area contributed by atoms with Gasteiger partial charge in [0.15, 0.2) is 6.17 Å². The smallest absolute Gasteiger partial charge is 0.284 e. The van der Waals surface area contributed by atoms with E-state index in [2.05, 4.69) is 10.7 Å². The monoisotopic (exact) mass is 386 g/mol. The first-order valence-electron chi connectivity index (χ1n) is 8.24. The lowest BCUT2D eigenvalue weighted by atomic mass is 10.0. The molecule has 146 valence electrons. The number of carbonyl (C=O) groups excluding carboxylic acids is 2. The van der Waals surface area contributed by atoms with E-state index in [0.29, 0.717) is 11.3 Å². The number of amides is 2. The number of carbonyl (C=O) groups is 2. The van der Waals surface area contributed by atoms with Gasteiger partial charge in [-0.25, -0.2) is 5.01 Å². The van der Waals surface area contributed by atoms with Crippen LogP contribution in [-0.2, 0) is 4.79 Å². The topological polar surface area (TPSA) is 123 Å². The highest BCUT2D eigenvalue weighted by atomic mass is 16.6. The third kappa shape index (κ3) is 3.27. The SMILES string of the molecule is COc1cc(OC)c(C2Nc3ccccc3C(=O)N2NC(C)=O)c([N+](=O)[O-])c1. The number of para-hydroxylation sites is 1. The van der Waals surface area contributed by atoms with Gasteiger partial charge in [0.25, 0.3) is 11.6 Å². The van der Waals surface area contributed by atoms with E-state index in [1.165, 1.54) is 33.3 Å². The van der Waals surface area contributed by atoms with Gasteiger partial charge in [0.1, 0.15) is 17.1 Å². The molecule has 2 amide bonds. The summed E-state index contributed by atoms with van der Waals surface area (Å²) in [5.41, 5.74) is 2.99. The van der Waals surface area contributed by atoms with E-state index in [4.69, 9.17) is 9.47 Å². The number of fused-ring (bicyclic) bond motifs is 1. The van der Waals surface area contributed by atoms with Crippen LogP contribution in [0.4, 0.5) is 11.4 Å². The second-order valence-corrected chi connectivity index (χ2v) is 5.96. The molecular formula is C18H18N4O6. The van der Waals surface area contributed by atoms with Crippen LogP contribution in [0.15, 0.2) is 36.4 Å². The van der Waals surface area contributed by atoms with Gasteiger partial charge in [0.2, 0.25) is 5.91 Å². The number of nitro benzene ring substituents is 1. The van der Waals surface area contributed by atoms with Crippen LogP contribution < -0.4 is 20.2 Å². The van der Waals surface area contributed by atoms with Gasteiger partial charge in [-0.1, -0.05) is 12.1 Å². The van der Waals surface area contributed by atoms with Crippen LogP contribution in [-0.4, -0.2) is 36.0 Å². The Morgan fingerprint density at radius 1 is 1.25 bits per heavy atom. The van der Waals surface area contributed by atoms with Gasteiger partial charge in [-0.2, -0.15) is 0 Å². The fraction of sp³-hybridized carbons (Fsp3) is 0.222. The van der Waals surface area contributed by atoms with E-state index < -0.39 is 22.9 Å². The highest BCUT2D eigenvalue weighted by molar-refractivity contribution is 6.02. The first-order valence-corrected chi connectivity index (χ1v) is 8.24. The van der Waals surface area contributed by atoms with E-state index in [1.54, 1.807) is 24.3 Å². The summed E-state index contributed by atoms with van der Waals surface area (Å²) in [4.78, 5) is 35.8. The number of hydrogen-bond acceptors (Lipinski definition) is 7. The Hall–Kier alpha value is -3.82. The average molecular weight is 386 g/mol. The molecular weight excluding hydrogens is 368 g/mol. The fourth-order valence-electron chi connectivity index (χ4n) is 3.04. The molecule has 10 heteroatoms. The van der Waals surface area contributed by atoms with Gasteiger partial charge in [-0.3, -0.25) is 25.1 Å². The standard InChI is InChI=1S/C18H18N4O6/c1-10(23)20-21-17(19-13-7-5-4-6-12(13)18(21)24)16-14(22(25)26)8-11(27-2)9-15(16)28-3/h4-9,17,19H,1-3H3,(H,20,23). The molecule has 3 rings (SSSR count). The Bertz CT molecular complexity index is 961. The maximum absolute atomic E-state index is 13.0. The molecule has 0 fully saturated rings. The van der Waals surface area contributed by atoms with Crippen LogP contribution in [0, 0.1) is 10.1 Å². The van der Waals surface area contributed by atoms with Gasteiger partial charge < -0.3 is 14.8 Å². The maximum Gasteiger partial charge on any atom is 0.284 e. The lowest BCUT2D eigenvalue weighted by Crippen LogP contribution is -2.52. The van der Waals surface area contributed by atoms with Crippen molar-refractivity contribution in [1.82, 2.24) is 10.4 Å². The molecule has 0 bridgehead atoms. The first kappa shape index (κ1) is 19.0. The maximum atomic E-state index is 13.0. The summed E-state index contributed by atoms with van der Waals surface area (Å²) >= 11 is 0. The summed E-state index contributed by atoms with van der Waals surface area (Å²) in [7, 11) is 2.73. The molecule has 28 heavy (non-hydrogen) atoms. The molecule has 1 aliphatic rings. The van der Waals surface area contributed by atoms with Crippen molar-refractivity contribution in [1.29, 1.82) is 0 Å². The zero-order chi connectivity index (χ0) is 20.4. The molecule has 2 aromatic rings. The number of anilines is 1. The van der Waals surface area contributed by atoms with Crippen molar-refractivity contribution in [2.75, 3.05) is 19.5 Å². The van der Waals surface area contributed by atoms with Gasteiger partial charge in [-0.15, -0.1) is 0 Å². The van der Waals surface area contributed by atoms with Crippen molar-refractivity contribution in [2.24, 2.45) is 0 Å². The molecule has 0 radical (unpaired) electrons. The van der Waals surface area contributed by atoms with E-state index >= 15 is 0 Å². The molecule has 0 aliphatic carbocycles. The summed E-state index contributed by atoms with van der Waals surface area (Å²) in [6, 6.07) is 9.38. The Morgan fingerprint density at radius 2 is 1.96 bits per heavy atom. The third-order valence-electron chi connectivity index (χ3n) is 4.22. The molecule has 0 spiro atoms. The number of hydrogen-bond donors (Lipinski definition) is 2. The number of benzene rings is 2. The average Bonchev–Trinajstić information content (AvgIpc) is 2.68. The van der Waals surface area contributed by atoms with Crippen LogP contribution in [0.2, 0.25) is 0 Å².